The van der Waals surface area contributed by atoms with Crippen molar-refractivity contribution in [2.75, 3.05) is 19.8 Å². The molecule has 0 saturated carbocycles. The monoisotopic (exact) mass is 455 g/mol. The highest BCUT2D eigenvalue weighted by Crippen LogP contribution is 2.20. The van der Waals surface area contributed by atoms with Crippen LogP contribution in [0.3, 0.4) is 0 Å². The molecule has 1 aliphatic rings. The molecule has 182 valence electrons. The minimum Gasteiger partial charge on any atom is -0.445 e. The predicted molar refractivity (Wildman–Crippen MR) is 119 cm³/mol. The Morgan fingerprint density at radius 2 is 1.94 bits per heavy atom. The van der Waals surface area contributed by atoms with Crippen LogP contribution >= 0.6 is 0 Å². The lowest BCUT2D eigenvalue weighted by Gasteiger charge is -2.42. The lowest BCUT2D eigenvalue weighted by Crippen LogP contribution is -2.61. The molecule has 0 aromatic rings. The third-order valence-corrected chi connectivity index (χ3v) is 4.46. The predicted octanol–water partition coefficient (Wildman–Crippen LogP) is 2.21. The van der Waals surface area contributed by atoms with Crippen LogP contribution in [0, 0.1) is 5.41 Å². The molecule has 1 saturated heterocycles. The van der Waals surface area contributed by atoms with Crippen LogP contribution in [0.4, 0.5) is 9.59 Å². The number of nitrogens with zero attached hydrogens (tertiary/aromatic N) is 1. The van der Waals surface area contributed by atoms with Gasteiger partial charge in [0.2, 0.25) is 11.9 Å². The van der Waals surface area contributed by atoms with E-state index >= 15 is 0 Å². The van der Waals surface area contributed by atoms with Gasteiger partial charge in [0.25, 0.3) is 0 Å². The highest BCUT2D eigenvalue weighted by molar-refractivity contribution is 5.92. The third-order valence-electron chi connectivity index (χ3n) is 4.46. The molecule has 11 nitrogen and oxygen atoms in total. The van der Waals surface area contributed by atoms with Crippen molar-refractivity contribution in [2.24, 2.45) is 5.73 Å². The summed E-state index contributed by atoms with van der Waals surface area (Å²) < 4.78 is 16.2. The highest BCUT2D eigenvalue weighted by atomic mass is 16.6. The van der Waals surface area contributed by atoms with Gasteiger partial charge in [-0.1, -0.05) is 19.1 Å². The van der Waals surface area contributed by atoms with Crippen molar-refractivity contribution in [1.29, 1.82) is 5.41 Å². The average Bonchev–Trinajstić information content (AvgIpc) is 2.67. The molecule has 0 aromatic carbocycles. The second kappa shape index (κ2) is 13.6. The van der Waals surface area contributed by atoms with E-state index < -0.39 is 30.1 Å². The van der Waals surface area contributed by atoms with Crippen LogP contribution < -0.4 is 16.4 Å². The number of ether oxygens (including phenoxy) is 3. The quantitative estimate of drug-likeness (QED) is 0.170. The lowest BCUT2D eigenvalue weighted by molar-refractivity contribution is -0.118. The number of hydrogen-bond donors (Lipinski definition) is 4. The molecule has 1 aliphatic heterocycles. The Bertz CT molecular complexity index is 664. The van der Waals surface area contributed by atoms with Crippen LogP contribution in [0.25, 0.3) is 0 Å². The van der Waals surface area contributed by atoms with E-state index in [1.54, 1.807) is 25.7 Å². The number of amides is 3. The number of carbonyl (C=O) groups is 3. The van der Waals surface area contributed by atoms with Crippen molar-refractivity contribution in [2.45, 2.75) is 77.2 Å². The van der Waals surface area contributed by atoms with Gasteiger partial charge in [0.15, 0.2) is 6.23 Å². The minimum absolute atomic E-state index is 0.0210. The zero-order valence-electron chi connectivity index (χ0n) is 19.3. The summed E-state index contributed by atoms with van der Waals surface area (Å²) in [5.74, 6) is -0.526. The second-order valence-electron chi connectivity index (χ2n) is 8.49. The summed E-state index contributed by atoms with van der Waals surface area (Å²) in [5, 5.41) is 13.5. The first kappa shape index (κ1) is 27.2. The van der Waals surface area contributed by atoms with Gasteiger partial charge in [-0.15, -0.1) is 0 Å². The Balaban J connectivity index is 2.78. The summed E-state index contributed by atoms with van der Waals surface area (Å²) >= 11 is 0. The molecule has 1 fully saturated rings. The molecular weight excluding hydrogens is 418 g/mol. The van der Waals surface area contributed by atoms with Crippen LogP contribution in [-0.4, -0.2) is 66.6 Å². The van der Waals surface area contributed by atoms with Crippen molar-refractivity contribution in [1.82, 2.24) is 15.5 Å². The summed E-state index contributed by atoms with van der Waals surface area (Å²) in [7, 11) is 0. The fourth-order valence-electron chi connectivity index (χ4n) is 3.14. The number of nitrogens with two attached hydrogens (primary N) is 1. The second-order valence-corrected chi connectivity index (χ2v) is 8.49. The Hall–Kier alpha value is -2.82. The molecule has 0 aromatic heterocycles. The molecule has 5 N–H and O–H groups in total. The number of nitrogens with one attached hydrogen (secondary N) is 3. The first-order valence-corrected chi connectivity index (χ1v) is 10.8. The van der Waals surface area contributed by atoms with Gasteiger partial charge >= 0.3 is 12.2 Å². The van der Waals surface area contributed by atoms with E-state index in [4.69, 9.17) is 25.4 Å². The van der Waals surface area contributed by atoms with Gasteiger partial charge in [-0.3, -0.25) is 15.5 Å². The number of hydrogen-bond acceptors (Lipinski definition) is 7. The molecule has 2 atom stereocenters. The van der Waals surface area contributed by atoms with Crippen LogP contribution in [0.1, 0.15) is 59.3 Å². The summed E-state index contributed by atoms with van der Waals surface area (Å²) in [6, 6.07) is -0.449. The molecule has 1 rings (SSSR count). The number of carbonyl (C=O) groups excluding carboxylic acids is 3. The van der Waals surface area contributed by atoms with Crippen LogP contribution in [-0.2, 0) is 19.0 Å². The van der Waals surface area contributed by atoms with Gasteiger partial charge in [-0.2, -0.15) is 0 Å². The van der Waals surface area contributed by atoms with Crippen LogP contribution in [0.5, 0.6) is 0 Å². The Labute approximate surface area is 189 Å². The maximum Gasteiger partial charge on any atom is 0.414 e. The van der Waals surface area contributed by atoms with Crippen molar-refractivity contribution in [3.63, 3.8) is 0 Å². The van der Waals surface area contributed by atoms with E-state index in [0.717, 1.165) is 6.42 Å². The van der Waals surface area contributed by atoms with Crippen molar-refractivity contribution >= 4 is 24.1 Å². The third kappa shape index (κ3) is 11.0. The normalized spacial score (nSPS) is 18.4. The fourth-order valence-corrected chi connectivity index (χ4v) is 3.14. The van der Waals surface area contributed by atoms with E-state index in [-0.39, 0.29) is 18.5 Å². The molecule has 1 unspecified atom stereocenters. The average molecular weight is 456 g/mol. The molecule has 1 heterocycles. The molecular formula is C21H37N5O6. The first-order valence-electron chi connectivity index (χ1n) is 10.8. The number of unbranched alkanes of at least 4 members (excludes halogenated alkanes) is 2. The Morgan fingerprint density at radius 1 is 1.22 bits per heavy atom. The molecule has 0 spiro atoms. The van der Waals surface area contributed by atoms with Gasteiger partial charge in [-0.25, -0.2) is 9.59 Å². The molecule has 11 heteroatoms. The summed E-state index contributed by atoms with van der Waals surface area (Å²) in [4.78, 5) is 36.6. The topological polar surface area (TPSA) is 156 Å². The zero-order valence-corrected chi connectivity index (χ0v) is 19.3. The van der Waals surface area contributed by atoms with Gasteiger partial charge in [-0.05, 0) is 46.5 Å². The van der Waals surface area contributed by atoms with E-state index in [2.05, 4.69) is 17.2 Å². The lowest BCUT2D eigenvalue weighted by atomic mass is 10.0. The largest absolute Gasteiger partial charge is 0.445 e. The van der Waals surface area contributed by atoms with Crippen LogP contribution in [0.2, 0.25) is 0 Å². The Morgan fingerprint density at radius 3 is 2.56 bits per heavy atom. The maximum absolute atomic E-state index is 12.3. The van der Waals surface area contributed by atoms with Crippen molar-refractivity contribution < 1.29 is 28.6 Å². The van der Waals surface area contributed by atoms with Crippen LogP contribution in [0.15, 0.2) is 12.7 Å². The summed E-state index contributed by atoms with van der Waals surface area (Å²) in [6.45, 7) is 9.62. The molecule has 0 aliphatic carbocycles. The molecule has 32 heavy (non-hydrogen) atoms. The van der Waals surface area contributed by atoms with E-state index in [9.17, 15) is 14.4 Å². The number of piperidine rings is 1. The highest BCUT2D eigenvalue weighted by Gasteiger charge is 2.36. The number of alkyl carbamates (subject to hydrolysis) is 2. The fraction of sp³-hybridized carbons (Fsp3) is 0.714. The van der Waals surface area contributed by atoms with E-state index in [0.29, 0.717) is 45.3 Å². The van der Waals surface area contributed by atoms with Crippen molar-refractivity contribution in [3.8, 4) is 0 Å². The standard InChI is InChI=1S/C21H37N5O6/c1-5-13-31-19(28)25-18(23)26-12-9-10-15(24-20(29)32-21(2,3)4)17(26)30-14-8-6-7-11-16(22)27/h5,15,17H,1,6-14H2,2-4H3,(H2,22,27)(H,24,29)(H2,23,25,28)/t15-,17?/m0/s1. The van der Waals surface area contributed by atoms with Gasteiger partial charge < -0.3 is 30.2 Å². The summed E-state index contributed by atoms with van der Waals surface area (Å²) in [6.07, 6.45) is 3.10. The van der Waals surface area contributed by atoms with Gasteiger partial charge in [0.1, 0.15) is 12.2 Å². The van der Waals surface area contributed by atoms with Gasteiger partial charge in [0.05, 0.1) is 6.04 Å². The molecule has 0 bridgehead atoms. The molecule has 0 radical (unpaired) electrons. The zero-order chi connectivity index (χ0) is 24.1. The smallest absolute Gasteiger partial charge is 0.414 e. The van der Waals surface area contributed by atoms with E-state index in [1.165, 1.54) is 6.08 Å². The number of primary amides is 1. The Kier molecular flexibility index (Phi) is 11.5. The van der Waals surface area contributed by atoms with Crippen molar-refractivity contribution in [3.05, 3.63) is 12.7 Å². The van der Waals surface area contributed by atoms with Gasteiger partial charge in [0, 0.05) is 19.6 Å². The maximum atomic E-state index is 12.3. The summed E-state index contributed by atoms with van der Waals surface area (Å²) in [5.41, 5.74) is 4.50. The number of guanidine groups is 1. The molecule has 3 amide bonds. The SMILES string of the molecule is C=CCOC(=O)NC(=N)N1CCC[C@H](NC(=O)OC(C)(C)C)C1OCCCCCC(N)=O. The first-order chi connectivity index (χ1) is 15.0. The minimum atomic E-state index is -0.776. The number of rotatable bonds is 10. The number of likely N-dealkylation sites (tertiary alicyclic amines) is 1. The van der Waals surface area contributed by atoms with E-state index in [1.807, 2.05) is 0 Å².